The highest BCUT2D eigenvalue weighted by Crippen LogP contribution is 2.24. The van der Waals surface area contributed by atoms with E-state index in [4.69, 9.17) is 0 Å². The van der Waals surface area contributed by atoms with Crippen molar-refractivity contribution in [2.45, 2.75) is 38.6 Å². The van der Waals surface area contributed by atoms with Crippen LogP contribution in [-0.2, 0) is 9.59 Å². The fraction of sp³-hybridized carbons (Fsp3) is 0.500. The summed E-state index contributed by atoms with van der Waals surface area (Å²) in [5.74, 6) is -2.07. The average molecular weight is 308 g/mol. The Hall–Kier alpha value is -1.95. The van der Waals surface area contributed by atoms with Crippen LogP contribution in [0.25, 0.3) is 0 Å². The molecule has 0 spiro atoms. The number of aryl methyl sites for hydroxylation is 1. The van der Waals surface area contributed by atoms with Crippen molar-refractivity contribution < 1.29 is 19.1 Å². The summed E-state index contributed by atoms with van der Waals surface area (Å²) in [5.41, 5.74) is 0.955. The number of amides is 2. The molecule has 2 atom stereocenters. The molecular formula is C16H21FN2O3. The number of aliphatic hydroxyl groups excluding tert-OH is 1. The van der Waals surface area contributed by atoms with E-state index < -0.39 is 17.6 Å². The van der Waals surface area contributed by atoms with Crippen LogP contribution in [0.15, 0.2) is 18.2 Å². The molecule has 2 unspecified atom stereocenters. The Balaban J connectivity index is 1.97. The van der Waals surface area contributed by atoms with E-state index in [1.165, 1.54) is 18.2 Å². The van der Waals surface area contributed by atoms with Crippen LogP contribution in [0.1, 0.15) is 31.2 Å². The van der Waals surface area contributed by atoms with E-state index in [0.29, 0.717) is 5.56 Å². The molecule has 0 bridgehead atoms. The van der Waals surface area contributed by atoms with Gasteiger partial charge >= 0.3 is 11.8 Å². The van der Waals surface area contributed by atoms with Gasteiger partial charge in [-0.3, -0.25) is 9.59 Å². The number of benzene rings is 1. The maximum atomic E-state index is 13.2. The minimum atomic E-state index is -0.823. The van der Waals surface area contributed by atoms with Gasteiger partial charge in [-0.25, -0.2) is 4.39 Å². The molecule has 1 aliphatic rings. The Kier molecular flexibility index (Phi) is 5.49. The zero-order valence-corrected chi connectivity index (χ0v) is 12.6. The van der Waals surface area contributed by atoms with Crippen molar-refractivity contribution in [3.63, 3.8) is 0 Å². The first kappa shape index (κ1) is 16.4. The van der Waals surface area contributed by atoms with E-state index in [2.05, 4.69) is 10.6 Å². The molecule has 5 nitrogen and oxygen atoms in total. The van der Waals surface area contributed by atoms with Gasteiger partial charge in [0.1, 0.15) is 5.82 Å². The number of hydrogen-bond donors (Lipinski definition) is 3. The molecule has 2 rings (SSSR count). The van der Waals surface area contributed by atoms with Gasteiger partial charge in [-0.15, -0.1) is 0 Å². The summed E-state index contributed by atoms with van der Waals surface area (Å²) in [6, 6.07) is 3.81. The molecule has 0 heterocycles. The van der Waals surface area contributed by atoms with Crippen molar-refractivity contribution in [2.75, 3.05) is 11.9 Å². The molecule has 120 valence electrons. The second kappa shape index (κ2) is 7.35. The fourth-order valence-corrected chi connectivity index (χ4v) is 2.76. The van der Waals surface area contributed by atoms with Gasteiger partial charge in [0.05, 0.1) is 0 Å². The standard InChI is InChI=1S/C16H21FN2O3/c1-10-6-7-12(17)8-14(10)19-16(22)15(21)18-13-5-3-2-4-11(13)9-20/h6-8,11,13,20H,2-5,9H2,1H3,(H,18,21)(H,19,22). The van der Waals surface area contributed by atoms with Crippen LogP contribution in [0.4, 0.5) is 10.1 Å². The van der Waals surface area contributed by atoms with E-state index >= 15 is 0 Å². The fourth-order valence-electron chi connectivity index (χ4n) is 2.76. The molecule has 1 aromatic carbocycles. The third-order valence-corrected chi connectivity index (χ3v) is 4.11. The number of carbonyl (C=O) groups is 2. The lowest BCUT2D eigenvalue weighted by Crippen LogP contribution is -2.47. The normalized spacial score (nSPS) is 21.2. The maximum absolute atomic E-state index is 13.2. The molecule has 0 aliphatic heterocycles. The van der Waals surface area contributed by atoms with E-state index in [0.717, 1.165) is 25.7 Å². The van der Waals surface area contributed by atoms with Crippen molar-refractivity contribution >= 4 is 17.5 Å². The quantitative estimate of drug-likeness (QED) is 0.744. The average Bonchev–Trinajstić information content (AvgIpc) is 2.51. The summed E-state index contributed by atoms with van der Waals surface area (Å²) in [6.07, 6.45) is 3.58. The molecule has 1 fully saturated rings. The third kappa shape index (κ3) is 4.04. The molecule has 0 radical (unpaired) electrons. The van der Waals surface area contributed by atoms with Crippen molar-refractivity contribution in [3.8, 4) is 0 Å². The van der Waals surface area contributed by atoms with Crippen LogP contribution in [0.5, 0.6) is 0 Å². The van der Waals surface area contributed by atoms with Gasteiger partial charge in [-0.05, 0) is 37.5 Å². The summed E-state index contributed by atoms with van der Waals surface area (Å²) >= 11 is 0. The number of carbonyl (C=O) groups excluding carboxylic acids is 2. The lowest BCUT2D eigenvalue weighted by molar-refractivity contribution is -0.137. The first-order chi connectivity index (χ1) is 10.5. The van der Waals surface area contributed by atoms with Gasteiger partial charge in [-0.2, -0.15) is 0 Å². The summed E-state index contributed by atoms with van der Waals surface area (Å²) in [4.78, 5) is 23.9. The largest absolute Gasteiger partial charge is 0.396 e. The van der Waals surface area contributed by atoms with Crippen LogP contribution < -0.4 is 10.6 Å². The minimum Gasteiger partial charge on any atom is -0.396 e. The summed E-state index contributed by atoms with van der Waals surface area (Å²) < 4.78 is 13.2. The molecule has 1 aromatic rings. The van der Waals surface area contributed by atoms with Gasteiger partial charge < -0.3 is 15.7 Å². The van der Waals surface area contributed by atoms with Crippen molar-refractivity contribution in [1.29, 1.82) is 0 Å². The molecular weight excluding hydrogens is 287 g/mol. The topological polar surface area (TPSA) is 78.4 Å². The monoisotopic (exact) mass is 308 g/mol. The van der Waals surface area contributed by atoms with E-state index in [-0.39, 0.29) is 24.3 Å². The summed E-state index contributed by atoms with van der Waals surface area (Å²) in [7, 11) is 0. The predicted octanol–water partition coefficient (Wildman–Crippen LogP) is 1.74. The van der Waals surface area contributed by atoms with Gasteiger partial charge in [0.15, 0.2) is 0 Å². The first-order valence-electron chi connectivity index (χ1n) is 7.50. The van der Waals surface area contributed by atoms with Crippen molar-refractivity contribution in [3.05, 3.63) is 29.6 Å². The molecule has 6 heteroatoms. The maximum Gasteiger partial charge on any atom is 0.313 e. The van der Waals surface area contributed by atoms with Crippen LogP contribution in [-0.4, -0.2) is 29.6 Å². The molecule has 1 saturated carbocycles. The van der Waals surface area contributed by atoms with Crippen molar-refractivity contribution in [2.24, 2.45) is 5.92 Å². The van der Waals surface area contributed by atoms with E-state index in [9.17, 15) is 19.1 Å². The van der Waals surface area contributed by atoms with Crippen LogP contribution >= 0.6 is 0 Å². The van der Waals surface area contributed by atoms with Crippen LogP contribution in [0, 0.1) is 18.7 Å². The number of hydrogen-bond acceptors (Lipinski definition) is 3. The number of anilines is 1. The molecule has 3 N–H and O–H groups in total. The third-order valence-electron chi connectivity index (χ3n) is 4.11. The lowest BCUT2D eigenvalue weighted by atomic mass is 9.85. The predicted molar refractivity (Wildman–Crippen MR) is 80.7 cm³/mol. The van der Waals surface area contributed by atoms with Gasteiger partial charge in [0.2, 0.25) is 0 Å². The first-order valence-corrected chi connectivity index (χ1v) is 7.50. The molecule has 2 amide bonds. The molecule has 0 saturated heterocycles. The highest BCUT2D eigenvalue weighted by Gasteiger charge is 2.28. The number of aliphatic hydroxyl groups is 1. The van der Waals surface area contributed by atoms with E-state index in [1.54, 1.807) is 6.92 Å². The van der Waals surface area contributed by atoms with Crippen molar-refractivity contribution in [1.82, 2.24) is 5.32 Å². The van der Waals surface area contributed by atoms with E-state index in [1.807, 2.05) is 0 Å². The summed E-state index contributed by atoms with van der Waals surface area (Å²) in [6.45, 7) is 1.71. The van der Waals surface area contributed by atoms with Gasteiger partial charge in [0, 0.05) is 24.3 Å². The number of nitrogens with one attached hydrogen (secondary N) is 2. The Morgan fingerprint density at radius 1 is 1.27 bits per heavy atom. The minimum absolute atomic E-state index is 0.00439. The second-order valence-electron chi connectivity index (χ2n) is 5.72. The Morgan fingerprint density at radius 2 is 2.00 bits per heavy atom. The highest BCUT2D eigenvalue weighted by molar-refractivity contribution is 6.39. The van der Waals surface area contributed by atoms with Crippen LogP contribution in [0.2, 0.25) is 0 Å². The molecule has 1 aliphatic carbocycles. The van der Waals surface area contributed by atoms with Gasteiger partial charge in [0.25, 0.3) is 0 Å². The van der Waals surface area contributed by atoms with Gasteiger partial charge in [-0.1, -0.05) is 18.9 Å². The zero-order chi connectivity index (χ0) is 16.1. The Morgan fingerprint density at radius 3 is 2.73 bits per heavy atom. The Bertz CT molecular complexity index is 562. The zero-order valence-electron chi connectivity index (χ0n) is 12.6. The van der Waals surface area contributed by atoms with Crippen LogP contribution in [0.3, 0.4) is 0 Å². The summed E-state index contributed by atoms with van der Waals surface area (Å²) in [5, 5.41) is 14.4. The Labute approximate surface area is 128 Å². The number of rotatable bonds is 3. The smallest absolute Gasteiger partial charge is 0.313 e. The SMILES string of the molecule is Cc1ccc(F)cc1NC(=O)C(=O)NC1CCCCC1CO. The second-order valence-corrected chi connectivity index (χ2v) is 5.72. The highest BCUT2D eigenvalue weighted by atomic mass is 19.1. The molecule has 0 aromatic heterocycles. The number of halogens is 1. The molecule has 22 heavy (non-hydrogen) atoms. The lowest BCUT2D eigenvalue weighted by Gasteiger charge is -2.30.